The second-order valence-electron chi connectivity index (χ2n) is 9.47. The Morgan fingerprint density at radius 2 is 1.61 bits per heavy atom. The van der Waals surface area contributed by atoms with Gasteiger partial charge in [0.25, 0.3) is 0 Å². The van der Waals surface area contributed by atoms with Crippen LogP contribution in [0.4, 0.5) is 0 Å². The molecule has 3 aliphatic rings. The second-order valence-corrected chi connectivity index (χ2v) is 9.47. The van der Waals surface area contributed by atoms with Gasteiger partial charge in [0.1, 0.15) is 12.3 Å². The number of nitrogens with zero attached hydrogens (tertiary/aromatic N) is 2. The van der Waals surface area contributed by atoms with Crippen molar-refractivity contribution in [3.05, 3.63) is 29.6 Å². The van der Waals surface area contributed by atoms with Crippen molar-refractivity contribution >= 4 is 5.90 Å². The summed E-state index contributed by atoms with van der Waals surface area (Å²) in [6.45, 7) is 5.22. The Balaban J connectivity index is 1.59. The summed E-state index contributed by atoms with van der Waals surface area (Å²) < 4.78 is 5.99. The molecule has 0 N–H and O–H groups in total. The van der Waals surface area contributed by atoms with Crippen LogP contribution >= 0.6 is 0 Å². The molecule has 2 aliphatic carbocycles. The molecule has 1 aromatic rings. The minimum absolute atomic E-state index is 0.290. The predicted molar refractivity (Wildman–Crippen MR) is 116 cm³/mol. The van der Waals surface area contributed by atoms with Gasteiger partial charge in [-0.25, -0.2) is 9.98 Å². The predicted octanol–water partition coefficient (Wildman–Crippen LogP) is 6.52. The van der Waals surface area contributed by atoms with Crippen LogP contribution in [0, 0.1) is 17.8 Å². The Bertz CT molecular complexity index is 640. The first-order valence-corrected chi connectivity index (χ1v) is 11.9. The Hall–Kier alpha value is -1.38. The van der Waals surface area contributed by atoms with Gasteiger partial charge in [0.05, 0.1) is 6.04 Å². The molecule has 3 nitrogen and oxygen atoms in total. The molecule has 3 heteroatoms. The Labute approximate surface area is 171 Å². The Morgan fingerprint density at radius 3 is 2.21 bits per heavy atom. The fourth-order valence-corrected chi connectivity index (χ4v) is 5.70. The fourth-order valence-electron chi connectivity index (χ4n) is 5.70. The van der Waals surface area contributed by atoms with Crippen molar-refractivity contribution in [2.45, 2.75) is 96.4 Å². The molecule has 2 heterocycles. The molecule has 0 spiro atoms. The summed E-state index contributed by atoms with van der Waals surface area (Å²) in [6.07, 6.45) is 15.2. The SMILES string of the molecule is CCC(C)C1COC(c2cccc(C(C3CCCCC3)C3CCCCC3)n2)=N1. The zero-order valence-corrected chi connectivity index (χ0v) is 17.9. The van der Waals surface area contributed by atoms with E-state index in [1.165, 1.54) is 69.9 Å². The molecule has 154 valence electrons. The zero-order valence-electron chi connectivity index (χ0n) is 17.9. The summed E-state index contributed by atoms with van der Waals surface area (Å²) in [5.74, 6) is 3.61. The van der Waals surface area contributed by atoms with E-state index in [0.717, 1.165) is 29.8 Å². The van der Waals surface area contributed by atoms with Crippen LogP contribution in [0.1, 0.15) is 102 Å². The first kappa shape index (κ1) is 19.9. The molecule has 0 aromatic carbocycles. The molecule has 2 fully saturated rings. The molecule has 2 unspecified atom stereocenters. The number of hydrogen-bond acceptors (Lipinski definition) is 3. The van der Waals surface area contributed by atoms with Gasteiger partial charge in [-0.2, -0.15) is 0 Å². The van der Waals surface area contributed by atoms with Crippen LogP contribution in [0.5, 0.6) is 0 Å². The van der Waals surface area contributed by atoms with Crippen LogP contribution in [0.25, 0.3) is 0 Å². The van der Waals surface area contributed by atoms with Gasteiger partial charge in [-0.1, -0.05) is 64.9 Å². The minimum Gasteiger partial charge on any atom is -0.474 e. The van der Waals surface area contributed by atoms with E-state index in [1.807, 2.05) is 0 Å². The minimum atomic E-state index is 0.290. The Kier molecular flexibility index (Phi) is 6.69. The van der Waals surface area contributed by atoms with Crippen LogP contribution in [0.15, 0.2) is 23.2 Å². The van der Waals surface area contributed by atoms with Gasteiger partial charge in [0.15, 0.2) is 0 Å². The Morgan fingerprint density at radius 1 is 0.964 bits per heavy atom. The number of rotatable bonds is 6. The van der Waals surface area contributed by atoms with Gasteiger partial charge in [-0.15, -0.1) is 0 Å². The van der Waals surface area contributed by atoms with E-state index in [9.17, 15) is 0 Å². The number of ether oxygens (including phenoxy) is 1. The highest BCUT2D eigenvalue weighted by molar-refractivity contribution is 5.93. The quantitative estimate of drug-likeness (QED) is 0.561. The lowest BCUT2D eigenvalue weighted by atomic mass is 9.68. The number of pyridine rings is 1. The molecule has 1 aromatic heterocycles. The highest BCUT2D eigenvalue weighted by Gasteiger charge is 2.34. The van der Waals surface area contributed by atoms with Crippen LogP contribution in [-0.2, 0) is 4.74 Å². The maximum absolute atomic E-state index is 5.99. The lowest BCUT2D eigenvalue weighted by molar-refractivity contribution is 0.199. The highest BCUT2D eigenvalue weighted by Crippen LogP contribution is 2.45. The van der Waals surface area contributed by atoms with E-state index in [2.05, 4.69) is 32.0 Å². The fraction of sp³-hybridized carbons (Fsp3) is 0.760. The van der Waals surface area contributed by atoms with E-state index in [1.54, 1.807) is 0 Å². The normalized spacial score (nSPS) is 25.5. The summed E-state index contributed by atoms with van der Waals surface area (Å²) in [5.41, 5.74) is 2.27. The van der Waals surface area contributed by atoms with E-state index in [0.29, 0.717) is 18.4 Å². The van der Waals surface area contributed by atoms with Crippen LogP contribution in [0.3, 0.4) is 0 Å². The smallest absolute Gasteiger partial charge is 0.235 e. The van der Waals surface area contributed by atoms with Gasteiger partial charge >= 0.3 is 0 Å². The van der Waals surface area contributed by atoms with Crippen molar-refractivity contribution in [3.63, 3.8) is 0 Å². The van der Waals surface area contributed by atoms with Crippen molar-refractivity contribution < 1.29 is 4.74 Å². The third-order valence-corrected chi connectivity index (χ3v) is 7.62. The number of aliphatic imine (C=N–C) groups is 1. The molecule has 2 saturated carbocycles. The standard InChI is InChI=1S/C25H38N2O/c1-3-18(2)23-17-28-25(27-23)22-16-10-15-21(26-22)24(19-11-6-4-7-12-19)20-13-8-5-9-14-20/h10,15-16,18-20,23-24H,3-9,11-14,17H2,1-2H3. The average Bonchev–Trinajstić information content (AvgIpc) is 3.26. The third-order valence-electron chi connectivity index (χ3n) is 7.62. The number of hydrogen-bond donors (Lipinski definition) is 0. The largest absolute Gasteiger partial charge is 0.474 e. The maximum Gasteiger partial charge on any atom is 0.235 e. The van der Waals surface area contributed by atoms with Crippen molar-refractivity contribution in [2.75, 3.05) is 6.61 Å². The van der Waals surface area contributed by atoms with Gasteiger partial charge < -0.3 is 4.74 Å². The molecule has 0 radical (unpaired) electrons. The van der Waals surface area contributed by atoms with Gasteiger partial charge in [0, 0.05) is 11.6 Å². The zero-order chi connectivity index (χ0) is 19.3. The first-order valence-electron chi connectivity index (χ1n) is 11.9. The van der Waals surface area contributed by atoms with Crippen LogP contribution in [0.2, 0.25) is 0 Å². The second kappa shape index (κ2) is 9.41. The average molecular weight is 383 g/mol. The molecule has 0 amide bonds. The molecule has 0 saturated heterocycles. The molecule has 28 heavy (non-hydrogen) atoms. The van der Waals surface area contributed by atoms with E-state index in [4.69, 9.17) is 14.7 Å². The van der Waals surface area contributed by atoms with E-state index >= 15 is 0 Å². The molecule has 2 atom stereocenters. The summed E-state index contributed by atoms with van der Waals surface area (Å²) in [6, 6.07) is 6.87. The van der Waals surface area contributed by atoms with Crippen LogP contribution in [-0.4, -0.2) is 23.5 Å². The molecule has 0 bridgehead atoms. The van der Waals surface area contributed by atoms with Gasteiger partial charge in [-0.05, 0) is 55.6 Å². The number of aromatic nitrogens is 1. The maximum atomic E-state index is 5.99. The highest BCUT2D eigenvalue weighted by atomic mass is 16.5. The molecule has 4 rings (SSSR count). The topological polar surface area (TPSA) is 34.5 Å². The summed E-state index contributed by atoms with van der Waals surface area (Å²) in [5, 5.41) is 0. The summed E-state index contributed by atoms with van der Waals surface area (Å²) >= 11 is 0. The monoisotopic (exact) mass is 382 g/mol. The lowest BCUT2D eigenvalue weighted by Gasteiger charge is -2.37. The van der Waals surface area contributed by atoms with Crippen molar-refractivity contribution in [3.8, 4) is 0 Å². The first-order chi connectivity index (χ1) is 13.8. The van der Waals surface area contributed by atoms with Crippen molar-refractivity contribution in [2.24, 2.45) is 22.7 Å². The molecule has 1 aliphatic heterocycles. The van der Waals surface area contributed by atoms with Gasteiger partial charge in [-0.3, -0.25) is 0 Å². The third kappa shape index (κ3) is 4.44. The van der Waals surface area contributed by atoms with E-state index < -0.39 is 0 Å². The summed E-state index contributed by atoms with van der Waals surface area (Å²) in [7, 11) is 0. The van der Waals surface area contributed by atoms with E-state index in [-0.39, 0.29) is 6.04 Å². The molecular weight excluding hydrogens is 344 g/mol. The van der Waals surface area contributed by atoms with Crippen LogP contribution < -0.4 is 0 Å². The lowest BCUT2D eigenvalue weighted by Crippen LogP contribution is -2.26. The molecular formula is C25H38N2O. The summed E-state index contributed by atoms with van der Waals surface area (Å²) in [4.78, 5) is 10.1. The van der Waals surface area contributed by atoms with Crippen molar-refractivity contribution in [1.29, 1.82) is 0 Å². The van der Waals surface area contributed by atoms with Gasteiger partial charge in [0.2, 0.25) is 5.90 Å². The van der Waals surface area contributed by atoms with Crippen molar-refractivity contribution in [1.82, 2.24) is 4.98 Å².